The number of aromatic nitrogens is 2. The maximum absolute atomic E-state index is 12.1. The monoisotopic (exact) mass is 269 g/mol. The second kappa shape index (κ2) is 5.49. The molecule has 1 saturated carbocycles. The molecule has 4 nitrogen and oxygen atoms in total. The fourth-order valence-electron chi connectivity index (χ4n) is 2.73. The highest BCUT2D eigenvalue weighted by molar-refractivity contribution is 5.94. The van der Waals surface area contributed by atoms with Crippen LogP contribution in [-0.4, -0.2) is 21.7 Å². The molecule has 0 saturated heterocycles. The Balaban J connectivity index is 1.72. The van der Waals surface area contributed by atoms with Gasteiger partial charge in [-0.1, -0.05) is 12.8 Å². The summed E-state index contributed by atoms with van der Waals surface area (Å²) < 4.78 is 1.86. The van der Waals surface area contributed by atoms with Gasteiger partial charge in [-0.3, -0.25) is 4.79 Å². The molecule has 1 aromatic carbocycles. The third-order valence-corrected chi connectivity index (χ3v) is 3.90. The predicted octanol–water partition coefficient (Wildman–Crippen LogP) is 2.85. The highest BCUT2D eigenvalue weighted by Crippen LogP contribution is 2.18. The zero-order valence-corrected chi connectivity index (χ0v) is 11.7. The van der Waals surface area contributed by atoms with Crippen molar-refractivity contribution in [3.8, 4) is 5.69 Å². The Kier molecular flexibility index (Phi) is 3.54. The molecule has 4 heteroatoms. The zero-order valence-electron chi connectivity index (χ0n) is 11.7. The SMILES string of the molecule is Cc1ccnn1-c1ccc(C(=O)NC2CCCC2)cc1. The van der Waals surface area contributed by atoms with Crippen molar-refractivity contribution in [2.75, 3.05) is 0 Å². The molecule has 1 fully saturated rings. The Morgan fingerprint density at radius 1 is 1.20 bits per heavy atom. The van der Waals surface area contributed by atoms with Gasteiger partial charge < -0.3 is 5.32 Å². The van der Waals surface area contributed by atoms with Crippen LogP contribution in [-0.2, 0) is 0 Å². The number of carbonyl (C=O) groups is 1. The van der Waals surface area contributed by atoms with Crippen LogP contribution in [0.4, 0.5) is 0 Å². The first-order chi connectivity index (χ1) is 9.74. The molecule has 1 aliphatic rings. The Morgan fingerprint density at radius 3 is 2.50 bits per heavy atom. The number of carbonyl (C=O) groups excluding carboxylic acids is 1. The molecular formula is C16H19N3O. The molecule has 0 spiro atoms. The smallest absolute Gasteiger partial charge is 0.251 e. The van der Waals surface area contributed by atoms with Gasteiger partial charge in [-0.2, -0.15) is 5.10 Å². The van der Waals surface area contributed by atoms with Gasteiger partial charge in [-0.15, -0.1) is 0 Å². The summed E-state index contributed by atoms with van der Waals surface area (Å²) >= 11 is 0. The number of rotatable bonds is 3. The maximum Gasteiger partial charge on any atom is 0.251 e. The molecule has 1 N–H and O–H groups in total. The van der Waals surface area contributed by atoms with Gasteiger partial charge in [0.2, 0.25) is 0 Å². The minimum absolute atomic E-state index is 0.0284. The van der Waals surface area contributed by atoms with Crippen molar-refractivity contribution in [1.29, 1.82) is 0 Å². The molecule has 1 aliphatic carbocycles. The summed E-state index contributed by atoms with van der Waals surface area (Å²) in [5, 5.41) is 7.36. The normalized spacial score (nSPS) is 15.4. The van der Waals surface area contributed by atoms with E-state index in [1.54, 1.807) is 6.20 Å². The number of hydrogen-bond donors (Lipinski definition) is 1. The molecule has 0 atom stereocenters. The molecule has 3 rings (SSSR count). The molecule has 20 heavy (non-hydrogen) atoms. The standard InChI is InChI=1S/C16H19N3O/c1-12-10-11-17-19(12)15-8-6-13(7-9-15)16(20)18-14-4-2-3-5-14/h6-11,14H,2-5H2,1H3,(H,18,20). The first-order valence-electron chi connectivity index (χ1n) is 7.16. The van der Waals surface area contributed by atoms with Crippen LogP contribution in [0, 0.1) is 6.92 Å². The van der Waals surface area contributed by atoms with Gasteiger partial charge in [0.25, 0.3) is 5.91 Å². The molecule has 1 amide bonds. The summed E-state index contributed by atoms with van der Waals surface area (Å²) in [6, 6.07) is 9.91. The summed E-state index contributed by atoms with van der Waals surface area (Å²) in [7, 11) is 0. The van der Waals surface area contributed by atoms with Crippen LogP contribution in [0.3, 0.4) is 0 Å². The Hall–Kier alpha value is -2.10. The number of nitrogens with zero attached hydrogens (tertiary/aromatic N) is 2. The summed E-state index contributed by atoms with van der Waals surface area (Å²) in [5.74, 6) is 0.0284. The van der Waals surface area contributed by atoms with Gasteiger partial charge in [-0.25, -0.2) is 4.68 Å². The quantitative estimate of drug-likeness (QED) is 0.931. The number of aryl methyl sites for hydroxylation is 1. The van der Waals surface area contributed by atoms with Crippen LogP contribution in [0.25, 0.3) is 5.69 Å². The van der Waals surface area contributed by atoms with E-state index in [1.807, 2.05) is 41.9 Å². The molecule has 2 aromatic rings. The van der Waals surface area contributed by atoms with E-state index < -0.39 is 0 Å². The third kappa shape index (κ3) is 2.59. The molecule has 0 bridgehead atoms. The largest absolute Gasteiger partial charge is 0.349 e. The highest BCUT2D eigenvalue weighted by Gasteiger charge is 2.17. The van der Waals surface area contributed by atoms with Crippen molar-refractivity contribution in [2.45, 2.75) is 38.6 Å². The van der Waals surface area contributed by atoms with Crippen molar-refractivity contribution in [2.24, 2.45) is 0 Å². The van der Waals surface area contributed by atoms with Crippen molar-refractivity contribution in [1.82, 2.24) is 15.1 Å². The Bertz CT molecular complexity index is 594. The zero-order chi connectivity index (χ0) is 13.9. The van der Waals surface area contributed by atoms with E-state index in [0.29, 0.717) is 11.6 Å². The van der Waals surface area contributed by atoms with E-state index in [-0.39, 0.29) is 5.91 Å². The van der Waals surface area contributed by atoms with Crippen LogP contribution < -0.4 is 5.32 Å². The van der Waals surface area contributed by atoms with Crippen molar-refractivity contribution in [3.63, 3.8) is 0 Å². The molecule has 1 heterocycles. The van der Waals surface area contributed by atoms with Crippen molar-refractivity contribution in [3.05, 3.63) is 47.8 Å². The minimum atomic E-state index is 0.0284. The Morgan fingerprint density at radius 2 is 1.90 bits per heavy atom. The van der Waals surface area contributed by atoms with E-state index in [0.717, 1.165) is 24.2 Å². The van der Waals surface area contributed by atoms with Crippen LogP contribution in [0.2, 0.25) is 0 Å². The van der Waals surface area contributed by atoms with Gasteiger partial charge in [0.1, 0.15) is 0 Å². The summed E-state index contributed by atoms with van der Waals surface area (Å²) in [6.45, 7) is 2.01. The van der Waals surface area contributed by atoms with E-state index in [1.165, 1.54) is 12.8 Å². The number of nitrogens with one attached hydrogen (secondary N) is 1. The second-order valence-corrected chi connectivity index (χ2v) is 5.39. The number of hydrogen-bond acceptors (Lipinski definition) is 2. The van der Waals surface area contributed by atoms with Gasteiger partial charge in [0, 0.05) is 23.5 Å². The van der Waals surface area contributed by atoms with Crippen LogP contribution in [0.15, 0.2) is 36.5 Å². The van der Waals surface area contributed by atoms with Gasteiger partial charge >= 0.3 is 0 Å². The molecule has 0 aliphatic heterocycles. The summed E-state index contributed by atoms with van der Waals surface area (Å²) in [4.78, 5) is 12.1. The van der Waals surface area contributed by atoms with E-state index in [9.17, 15) is 4.79 Å². The lowest BCUT2D eigenvalue weighted by atomic mass is 10.1. The number of benzene rings is 1. The summed E-state index contributed by atoms with van der Waals surface area (Å²) in [5.41, 5.74) is 2.77. The van der Waals surface area contributed by atoms with Gasteiger partial charge in [-0.05, 0) is 50.1 Å². The fourth-order valence-corrected chi connectivity index (χ4v) is 2.73. The number of amides is 1. The highest BCUT2D eigenvalue weighted by atomic mass is 16.1. The van der Waals surface area contributed by atoms with Crippen LogP contribution in [0.5, 0.6) is 0 Å². The van der Waals surface area contributed by atoms with E-state index in [4.69, 9.17) is 0 Å². The maximum atomic E-state index is 12.1. The molecule has 1 aromatic heterocycles. The average Bonchev–Trinajstić information content (AvgIpc) is 3.10. The lowest BCUT2D eigenvalue weighted by Crippen LogP contribution is -2.32. The van der Waals surface area contributed by atoms with Crippen LogP contribution in [0.1, 0.15) is 41.7 Å². The van der Waals surface area contributed by atoms with E-state index >= 15 is 0 Å². The summed E-state index contributed by atoms with van der Waals surface area (Å²) in [6.07, 6.45) is 6.44. The minimum Gasteiger partial charge on any atom is -0.349 e. The third-order valence-electron chi connectivity index (χ3n) is 3.90. The lowest BCUT2D eigenvalue weighted by molar-refractivity contribution is 0.0938. The Labute approximate surface area is 118 Å². The molecular weight excluding hydrogens is 250 g/mol. The topological polar surface area (TPSA) is 46.9 Å². The van der Waals surface area contributed by atoms with Crippen molar-refractivity contribution >= 4 is 5.91 Å². The van der Waals surface area contributed by atoms with Crippen molar-refractivity contribution < 1.29 is 4.79 Å². The van der Waals surface area contributed by atoms with Crippen LogP contribution >= 0.6 is 0 Å². The average molecular weight is 269 g/mol. The van der Waals surface area contributed by atoms with Gasteiger partial charge in [0.05, 0.1) is 5.69 Å². The predicted molar refractivity (Wildman–Crippen MR) is 78.0 cm³/mol. The van der Waals surface area contributed by atoms with E-state index in [2.05, 4.69) is 10.4 Å². The first-order valence-corrected chi connectivity index (χ1v) is 7.16. The lowest BCUT2D eigenvalue weighted by Gasteiger charge is -2.12. The first kappa shape index (κ1) is 12.9. The molecule has 0 radical (unpaired) electrons. The second-order valence-electron chi connectivity index (χ2n) is 5.39. The molecule has 104 valence electrons. The van der Waals surface area contributed by atoms with Gasteiger partial charge in [0.15, 0.2) is 0 Å². The molecule has 0 unspecified atom stereocenters. The fraction of sp³-hybridized carbons (Fsp3) is 0.375.